The maximum Gasteiger partial charge on any atom is 0.335 e. The summed E-state index contributed by atoms with van der Waals surface area (Å²) in [5.74, 6) is -0.489. The summed E-state index contributed by atoms with van der Waals surface area (Å²) in [5.41, 5.74) is 1.67. The van der Waals surface area contributed by atoms with Gasteiger partial charge in [-0.3, -0.25) is 0 Å². The van der Waals surface area contributed by atoms with Gasteiger partial charge in [-0.1, -0.05) is 18.2 Å². The third-order valence-electron chi connectivity index (χ3n) is 3.46. The van der Waals surface area contributed by atoms with Crippen LogP contribution in [0.25, 0.3) is 0 Å². The molecular formula is C14H13NO2. The number of fused-ring (bicyclic) bond motifs is 3. The van der Waals surface area contributed by atoms with Gasteiger partial charge in [0, 0.05) is 18.3 Å². The van der Waals surface area contributed by atoms with E-state index in [1.807, 2.05) is 18.5 Å². The van der Waals surface area contributed by atoms with E-state index in [2.05, 4.69) is 29.2 Å². The SMILES string of the molecule is O=C(O)C1=CC2C3CC=CC=C3C=CN2C=C1. The maximum absolute atomic E-state index is 11.0. The second kappa shape index (κ2) is 3.77. The van der Waals surface area contributed by atoms with Crippen LogP contribution in [-0.4, -0.2) is 22.0 Å². The summed E-state index contributed by atoms with van der Waals surface area (Å²) in [5, 5.41) is 9.04. The fourth-order valence-corrected chi connectivity index (χ4v) is 2.56. The van der Waals surface area contributed by atoms with Crippen LogP contribution in [0.3, 0.4) is 0 Å². The lowest BCUT2D eigenvalue weighted by molar-refractivity contribution is -0.132. The molecule has 0 radical (unpaired) electrons. The van der Waals surface area contributed by atoms with E-state index in [4.69, 9.17) is 5.11 Å². The monoisotopic (exact) mass is 227 g/mol. The van der Waals surface area contributed by atoms with E-state index in [1.165, 1.54) is 5.57 Å². The number of hydrogen-bond acceptors (Lipinski definition) is 2. The van der Waals surface area contributed by atoms with Crippen LogP contribution in [0.5, 0.6) is 0 Å². The van der Waals surface area contributed by atoms with Crippen LogP contribution in [0.2, 0.25) is 0 Å². The minimum atomic E-state index is -0.854. The first-order valence-electron chi connectivity index (χ1n) is 5.71. The topological polar surface area (TPSA) is 40.5 Å². The first-order chi connectivity index (χ1) is 8.25. The molecule has 3 nitrogen and oxygen atoms in total. The van der Waals surface area contributed by atoms with Gasteiger partial charge in [0.1, 0.15) is 0 Å². The van der Waals surface area contributed by atoms with E-state index in [1.54, 1.807) is 6.08 Å². The Labute approximate surface area is 99.7 Å². The van der Waals surface area contributed by atoms with Crippen molar-refractivity contribution in [3.63, 3.8) is 0 Å². The van der Waals surface area contributed by atoms with Gasteiger partial charge in [0.15, 0.2) is 0 Å². The third kappa shape index (κ3) is 1.64. The van der Waals surface area contributed by atoms with Gasteiger partial charge in [0.2, 0.25) is 0 Å². The number of carbonyl (C=O) groups is 1. The number of aliphatic carboxylic acids is 1. The Bertz CT molecular complexity index is 508. The van der Waals surface area contributed by atoms with Crippen LogP contribution < -0.4 is 0 Å². The molecule has 2 unspecified atom stereocenters. The average molecular weight is 227 g/mol. The van der Waals surface area contributed by atoms with Gasteiger partial charge in [0.25, 0.3) is 0 Å². The zero-order chi connectivity index (χ0) is 11.8. The maximum atomic E-state index is 11.0. The molecule has 0 aromatic carbocycles. The molecule has 0 amide bonds. The van der Waals surface area contributed by atoms with Crippen molar-refractivity contribution in [3.8, 4) is 0 Å². The minimum absolute atomic E-state index is 0.132. The van der Waals surface area contributed by atoms with Gasteiger partial charge in [-0.25, -0.2) is 4.79 Å². The molecule has 1 N–H and O–H groups in total. The Morgan fingerprint density at radius 2 is 2.18 bits per heavy atom. The summed E-state index contributed by atoms with van der Waals surface area (Å²) in [4.78, 5) is 13.1. The first kappa shape index (κ1) is 10.1. The quantitative estimate of drug-likeness (QED) is 0.746. The number of carboxylic acids is 1. The average Bonchev–Trinajstić information content (AvgIpc) is 2.38. The van der Waals surface area contributed by atoms with Crippen molar-refractivity contribution < 1.29 is 9.90 Å². The number of carboxylic acid groups (broad SMARTS) is 1. The molecule has 3 rings (SSSR count). The number of hydrogen-bond donors (Lipinski definition) is 1. The molecule has 3 heteroatoms. The molecule has 17 heavy (non-hydrogen) atoms. The number of rotatable bonds is 1. The Kier molecular flexibility index (Phi) is 2.25. The van der Waals surface area contributed by atoms with E-state index in [-0.39, 0.29) is 6.04 Å². The highest BCUT2D eigenvalue weighted by atomic mass is 16.4. The molecule has 0 fully saturated rings. The van der Waals surface area contributed by atoms with Gasteiger partial charge in [-0.05, 0) is 30.2 Å². The lowest BCUT2D eigenvalue weighted by Gasteiger charge is -2.39. The highest BCUT2D eigenvalue weighted by Gasteiger charge is 2.31. The molecule has 3 aliphatic rings. The fourth-order valence-electron chi connectivity index (χ4n) is 2.56. The Hall–Kier alpha value is -2.03. The molecule has 86 valence electrons. The molecule has 1 aliphatic carbocycles. The van der Waals surface area contributed by atoms with E-state index in [0.717, 1.165) is 6.42 Å². The predicted octanol–water partition coefficient (Wildman–Crippen LogP) is 2.23. The third-order valence-corrected chi connectivity index (χ3v) is 3.46. The summed E-state index contributed by atoms with van der Waals surface area (Å²) >= 11 is 0. The van der Waals surface area contributed by atoms with E-state index >= 15 is 0 Å². The molecule has 2 atom stereocenters. The van der Waals surface area contributed by atoms with Crippen molar-refractivity contribution in [2.24, 2.45) is 5.92 Å². The van der Waals surface area contributed by atoms with Crippen LogP contribution in [0, 0.1) is 5.92 Å². The van der Waals surface area contributed by atoms with E-state index < -0.39 is 5.97 Å². The Morgan fingerprint density at radius 1 is 1.35 bits per heavy atom. The fraction of sp³-hybridized carbons (Fsp3) is 0.214. The van der Waals surface area contributed by atoms with E-state index in [9.17, 15) is 4.79 Å². The largest absolute Gasteiger partial charge is 0.478 e. The number of allylic oxidation sites excluding steroid dienone is 4. The van der Waals surface area contributed by atoms with Crippen molar-refractivity contribution in [3.05, 3.63) is 60.0 Å². The van der Waals surface area contributed by atoms with Crippen molar-refractivity contribution in [2.45, 2.75) is 12.5 Å². The molecule has 0 aromatic heterocycles. The lowest BCUT2D eigenvalue weighted by atomic mass is 9.81. The first-order valence-corrected chi connectivity index (χ1v) is 5.71. The molecule has 2 heterocycles. The van der Waals surface area contributed by atoms with Crippen molar-refractivity contribution in [1.82, 2.24) is 4.90 Å². The summed E-state index contributed by atoms with van der Waals surface area (Å²) in [6.45, 7) is 0. The van der Waals surface area contributed by atoms with Gasteiger partial charge >= 0.3 is 5.97 Å². The molecule has 2 aliphatic heterocycles. The van der Waals surface area contributed by atoms with E-state index in [0.29, 0.717) is 11.5 Å². The van der Waals surface area contributed by atoms with Gasteiger partial charge in [-0.2, -0.15) is 0 Å². The summed E-state index contributed by atoms with van der Waals surface area (Å²) in [6.07, 6.45) is 16.7. The van der Waals surface area contributed by atoms with Crippen LogP contribution in [0.4, 0.5) is 0 Å². The molecule has 0 aromatic rings. The van der Waals surface area contributed by atoms with Gasteiger partial charge in [-0.15, -0.1) is 0 Å². The standard InChI is InChI=1S/C14H13NO2/c16-14(17)11-6-8-15-7-5-10-3-1-2-4-12(10)13(15)9-11/h1-3,5-9,12-13H,4H2,(H,16,17). The van der Waals surface area contributed by atoms with Gasteiger partial charge in [0.05, 0.1) is 11.6 Å². The summed E-state index contributed by atoms with van der Waals surface area (Å²) < 4.78 is 0. The second-order valence-corrected chi connectivity index (χ2v) is 4.43. The highest BCUT2D eigenvalue weighted by Crippen LogP contribution is 2.35. The summed E-state index contributed by atoms with van der Waals surface area (Å²) in [7, 11) is 0. The molecule has 0 bridgehead atoms. The molecular weight excluding hydrogens is 214 g/mol. The van der Waals surface area contributed by atoms with Crippen LogP contribution in [0.15, 0.2) is 60.0 Å². The zero-order valence-electron chi connectivity index (χ0n) is 9.28. The van der Waals surface area contributed by atoms with Crippen molar-refractivity contribution in [1.29, 1.82) is 0 Å². The normalized spacial score (nSPS) is 29.3. The smallest absolute Gasteiger partial charge is 0.335 e. The van der Waals surface area contributed by atoms with Crippen LogP contribution in [-0.2, 0) is 4.79 Å². The Balaban J connectivity index is 1.99. The second-order valence-electron chi connectivity index (χ2n) is 4.43. The highest BCUT2D eigenvalue weighted by molar-refractivity contribution is 5.90. The number of nitrogens with zero attached hydrogens (tertiary/aromatic N) is 1. The van der Waals surface area contributed by atoms with Crippen LogP contribution >= 0.6 is 0 Å². The minimum Gasteiger partial charge on any atom is -0.478 e. The predicted molar refractivity (Wildman–Crippen MR) is 65.0 cm³/mol. The van der Waals surface area contributed by atoms with Crippen LogP contribution in [0.1, 0.15) is 6.42 Å². The van der Waals surface area contributed by atoms with Gasteiger partial charge < -0.3 is 10.0 Å². The summed E-state index contributed by atoms with van der Waals surface area (Å²) in [6, 6.07) is 0.132. The lowest BCUT2D eigenvalue weighted by Crippen LogP contribution is -2.38. The molecule has 0 saturated heterocycles. The molecule has 0 spiro atoms. The molecule has 0 saturated carbocycles. The zero-order valence-corrected chi connectivity index (χ0v) is 9.28. The van der Waals surface area contributed by atoms with Crippen molar-refractivity contribution in [2.75, 3.05) is 0 Å². The van der Waals surface area contributed by atoms with Crippen molar-refractivity contribution >= 4 is 5.97 Å². The Morgan fingerprint density at radius 3 is 3.00 bits per heavy atom.